The Kier molecular flexibility index (Phi) is 6.43. The average Bonchev–Trinajstić information content (AvgIpc) is 3.07. The zero-order chi connectivity index (χ0) is 20.4. The van der Waals surface area contributed by atoms with Crippen LogP contribution in [0.15, 0.2) is 35.4 Å². The number of aliphatic hydroxyl groups excluding tert-OH is 1. The van der Waals surface area contributed by atoms with Crippen LogP contribution in [0.25, 0.3) is 10.9 Å². The van der Waals surface area contributed by atoms with E-state index in [1.807, 2.05) is 0 Å². The van der Waals surface area contributed by atoms with E-state index in [1.165, 1.54) is 79.3 Å². The van der Waals surface area contributed by atoms with E-state index in [-0.39, 0.29) is 6.61 Å². The molecule has 0 atom stereocenters. The van der Waals surface area contributed by atoms with Crippen LogP contribution in [0.4, 0.5) is 0 Å². The molecular weight excluding hydrogens is 358 g/mol. The highest BCUT2D eigenvalue weighted by atomic mass is 16.3. The molecule has 158 valence electrons. The van der Waals surface area contributed by atoms with Gasteiger partial charge in [-0.2, -0.15) is 0 Å². The smallest absolute Gasteiger partial charge is 0.0488 e. The van der Waals surface area contributed by atoms with E-state index >= 15 is 0 Å². The molecule has 2 aromatic rings. The van der Waals surface area contributed by atoms with Crippen molar-refractivity contribution in [1.29, 1.82) is 0 Å². The number of hydrogen-bond acceptors (Lipinski definition) is 3. The molecule has 1 aliphatic carbocycles. The molecule has 0 unspecified atom stereocenters. The molecule has 0 bridgehead atoms. The lowest BCUT2D eigenvalue weighted by atomic mass is 9.86. The number of benzene rings is 1. The Hall–Kier alpha value is -1.62. The number of aromatic nitrogens is 1. The number of para-hydroxylation sites is 1. The van der Waals surface area contributed by atoms with Gasteiger partial charge in [-0.3, -0.25) is 0 Å². The van der Waals surface area contributed by atoms with E-state index in [2.05, 4.69) is 47.6 Å². The lowest BCUT2D eigenvalue weighted by molar-refractivity contribution is 0.116. The average molecular weight is 396 g/mol. The van der Waals surface area contributed by atoms with Crippen LogP contribution in [0.1, 0.15) is 69.7 Å². The van der Waals surface area contributed by atoms with Crippen LogP contribution >= 0.6 is 0 Å². The maximum atomic E-state index is 9.69. The van der Waals surface area contributed by atoms with Crippen molar-refractivity contribution in [2.24, 2.45) is 5.73 Å². The highest BCUT2D eigenvalue weighted by Gasteiger charge is 2.30. The van der Waals surface area contributed by atoms with Gasteiger partial charge in [-0.1, -0.05) is 29.3 Å². The highest BCUT2D eigenvalue weighted by molar-refractivity contribution is 5.85. The fraction of sp³-hybridized carbons (Fsp3) is 0.600. The van der Waals surface area contributed by atoms with Crippen molar-refractivity contribution >= 4 is 10.9 Å². The van der Waals surface area contributed by atoms with Crippen molar-refractivity contribution in [2.75, 3.05) is 19.7 Å². The number of nitrogens with two attached hydrogens (primary N) is 1. The van der Waals surface area contributed by atoms with Gasteiger partial charge in [0.1, 0.15) is 0 Å². The number of allylic oxidation sites excluding steroid dienone is 2. The van der Waals surface area contributed by atoms with Crippen LogP contribution in [0, 0.1) is 0 Å². The maximum Gasteiger partial charge on any atom is 0.0488 e. The molecule has 0 spiro atoms. The van der Waals surface area contributed by atoms with E-state index in [0.717, 1.165) is 6.04 Å². The van der Waals surface area contributed by atoms with Crippen LogP contribution in [-0.4, -0.2) is 40.3 Å². The molecule has 1 aliphatic heterocycles. The zero-order valence-electron chi connectivity index (χ0n) is 18.2. The Balaban J connectivity index is 1.51. The van der Waals surface area contributed by atoms with E-state index in [4.69, 9.17) is 5.73 Å². The van der Waals surface area contributed by atoms with Gasteiger partial charge in [-0.05, 0) is 64.0 Å². The molecule has 0 amide bonds. The van der Waals surface area contributed by atoms with Gasteiger partial charge in [0.25, 0.3) is 0 Å². The highest BCUT2D eigenvalue weighted by Crippen LogP contribution is 2.36. The zero-order valence-corrected chi connectivity index (χ0v) is 18.2. The molecule has 1 saturated heterocycles. The second-order valence-electron chi connectivity index (χ2n) is 9.09. The third-order valence-corrected chi connectivity index (χ3v) is 7.33. The standard InChI is InChI=1S/C25H37N3O/c1-18(2)19-7-9-20(10-8-19)27-14-11-21(12-15-27)28-24-6-4-3-5-22(24)23(17-26)25(28)13-16-29/h3-6,20-21,29H,7-17,26H2,1-2H3. The predicted molar refractivity (Wildman–Crippen MR) is 121 cm³/mol. The van der Waals surface area contributed by atoms with E-state index in [0.29, 0.717) is 19.0 Å². The number of aliphatic hydroxyl groups is 1. The van der Waals surface area contributed by atoms with Crippen LogP contribution < -0.4 is 5.73 Å². The minimum Gasteiger partial charge on any atom is -0.396 e. The summed E-state index contributed by atoms with van der Waals surface area (Å²) in [4.78, 5) is 2.75. The van der Waals surface area contributed by atoms with Gasteiger partial charge in [0.2, 0.25) is 0 Å². The summed E-state index contributed by atoms with van der Waals surface area (Å²) < 4.78 is 2.52. The molecule has 1 aromatic heterocycles. The fourth-order valence-electron chi connectivity index (χ4n) is 5.73. The van der Waals surface area contributed by atoms with Gasteiger partial charge in [0.15, 0.2) is 0 Å². The molecule has 2 heterocycles. The fourth-order valence-corrected chi connectivity index (χ4v) is 5.73. The van der Waals surface area contributed by atoms with Gasteiger partial charge >= 0.3 is 0 Å². The number of fused-ring (bicyclic) bond motifs is 1. The van der Waals surface area contributed by atoms with Crippen molar-refractivity contribution < 1.29 is 5.11 Å². The van der Waals surface area contributed by atoms with Crippen LogP contribution in [0.3, 0.4) is 0 Å². The quantitative estimate of drug-likeness (QED) is 0.730. The molecule has 4 heteroatoms. The Bertz CT molecular complexity index is 860. The Morgan fingerprint density at radius 1 is 1.03 bits per heavy atom. The van der Waals surface area contributed by atoms with Crippen molar-refractivity contribution in [3.05, 3.63) is 46.7 Å². The van der Waals surface area contributed by atoms with E-state index in [1.54, 1.807) is 5.57 Å². The summed E-state index contributed by atoms with van der Waals surface area (Å²) in [5.74, 6) is 0. The van der Waals surface area contributed by atoms with E-state index in [9.17, 15) is 5.11 Å². The SMILES string of the molecule is CC(C)=C1CCC(N2CCC(n3c(CCO)c(CN)c4ccccc43)CC2)CC1. The third-order valence-electron chi connectivity index (χ3n) is 7.33. The number of nitrogens with zero attached hydrogens (tertiary/aromatic N) is 2. The van der Waals surface area contributed by atoms with Gasteiger partial charge in [0, 0.05) is 61.3 Å². The predicted octanol–water partition coefficient (Wildman–Crippen LogP) is 4.55. The molecule has 2 fully saturated rings. The summed E-state index contributed by atoms with van der Waals surface area (Å²) in [6.07, 6.45) is 8.29. The topological polar surface area (TPSA) is 54.4 Å². The van der Waals surface area contributed by atoms with Gasteiger partial charge in [-0.25, -0.2) is 0 Å². The van der Waals surface area contributed by atoms with Gasteiger partial charge in [0.05, 0.1) is 0 Å². The minimum absolute atomic E-state index is 0.178. The first-order valence-corrected chi connectivity index (χ1v) is 11.4. The summed E-state index contributed by atoms with van der Waals surface area (Å²) in [5.41, 5.74) is 13.1. The Morgan fingerprint density at radius 2 is 1.72 bits per heavy atom. The second kappa shape index (κ2) is 9.03. The largest absolute Gasteiger partial charge is 0.396 e. The molecule has 3 N–H and O–H groups in total. The first-order chi connectivity index (χ1) is 14.1. The molecule has 4 nitrogen and oxygen atoms in total. The molecule has 0 radical (unpaired) electrons. The molecular formula is C25H37N3O. The van der Waals surface area contributed by atoms with Crippen LogP contribution in [-0.2, 0) is 13.0 Å². The van der Waals surface area contributed by atoms with E-state index < -0.39 is 0 Å². The lowest BCUT2D eigenvalue weighted by Gasteiger charge is -2.41. The minimum atomic E-state index is 0.178. The lowest BCUT2D eigenvalue weighted by Crippen LogP contribution is -2.43. The van der Waals surface area contributed by atoms with Crippen LogP contribution in [0.5, 0.6) is 0 Å². The molecule has 1 aromatic carbocycles. The first-order valence-electron chi connectivity index (χ1n) is 11.4. The van der Waals surface area contributed by atoms with Crippen molar-refractivity contribution in [2.45, 2.75) is 77.4 Å². The first kappa shape index (κ1) is 20.6. The number of likely N-dealkylation sites (tertiary alicyclic amines) is 1. The summed E-state index contributed by atoms with van der Waals surface area (Å²) in [7, 11) is 0. The van der Waals surface area contributed by atoms with Gasteiger partial charge < -0.3 is 20.3 Å². The van der Waals surface area contributed by atoms with Gasteiger partial charge in [-0.15, -0.1) is 0 Å². The monoisotopic (exact) mass is 395 g/mol. The number of rotatable bonds is 5. The Morgan fingerprint density at radius 3 is 2.34 bits per heavy atom. The summed E-state index contributed by atoms with van der Waals surface area (Å²) in [5, 5.41) is 11.0. The molecule has 2 aliphatic rings. The number of piperidine rings is 1. The summed E-state index contributed by atoms with van der Waals surface area (Å²) in [6, 6.07) is 9.91. The Labute approximate surface area is 175 Å². The van der Waals surface area contributed by atoms with Crippen LogP contribution in [0.2, 0.25) is 0 Å². The summed E-state index contributed by atoms with van der Waals surface area (Å²) >= 11 is 0. The molecule has 1 saturated carbocycles. The van der Waals surface area contributed by atoms with Crippen molar-refractivity contribution in [3.8, 4) is 0 Å². The normalized spacial score (nSPS) is 21.8. The second-order valence-corrected chi connectivity index (χ2v) is 9.09. The summed E-state index contributed by atoms with van der Waals surface area (Å²) in [6.45, 7) is 7.61. The number of hydrogen-bond donors (Lipinski definition) is 2. The third kappa shape index (κ3) is 4.03. The van der Waals surface area contributed by atoms with Crippen molar-refractivity contribution in [1.82, 2.24) is 9.47 Å². The molecule has 29 heavy (non-hydrogen) atoms. The maximum absolute atomic E-state index is 9.69. The molecule has 4 rings (SSSR count). The van der Waals surface area contributed by atoms with Crippen molar-refractivity contribution in [3.63, 3.8) is 0 Å².